The third-order valence-electron chi connectivity index (χ3n) is 6.13. The molecule has 36 heavy (non-hydrogen) atoms. The van der Waals surface area contributed by atoms with E-state index in [2.05, 4.69) is 24.5 Å². The van der Waals surface area contributed by atoms with E-state index in [-0.39, 0.29) is 17.9 Å². The Kier molecular flexibility index (Phi) is 13.0. The van der Waals surface area contributed by atoms with Crippen LogP contribution in [0.4, 0.5) is 4.79 Å². The molecule has 0 fully saturated rings. The van der Waals surface area contributed by atoms with Crippen molar-refractivity contribution in [2.75, 3.05) is 6.54 Å². The largest absolute Gasteiger partial charge is 0.444 e. The molecule has 3 amide bonds. The Labute approximate surface area is 218 Å². The number of amides is 3. The zero-order chi connectivity index (χ0) is 27.5. The number of nitrogens with zero attached hydrogens (tertiary/aromatic N) is 1. The maximum absolute atomic E-state index is 13.8. The van der Waals surface area contributed by atoms with Crippen LogP contribution < -0.4 is 10.6 Å². The Morgan fingerprint density at radius 3 is 2.08 bits per heavy atom. The van der Waals surface area contributed by atoms with Gasteiger partial charge in [-0.25, -0.2) is 4.79 Å². The van der Waals surface area contributed by atoms with Gasteiger partial charge in [0.1, 0.15) is 17.7 Å². The van der Waals surface area contributed by atoms with E-state index in [0.717, 1.165) is 55.2 Å². The number of hydrogen-bond acceptors (Lipinski definition) is 4. The lowest BCUT2D eigenvalue weighted by Crippen LogP contribution is -2.53. The summed E-state index contributed by atoms with van der Waals surface area (Å²) in [7, 11) is 0. The summed E-state index contributed by atoms with van der Waals surface area (Å²) in [5.74, 6) is -0.495. The normalized spacial score (nSPS) is 13.9. The molecule has 204 valence electrons. The molecule has 0 spiro atoms. The lowest BCUT2D eigenvalue weighted by molar-refractivity contribution is -0.142. The molecule has 0 saturated heterocycles. The average Bonchev–Trinajstić information content (AvgIpc) is 2.75. The first-order valence-electron chi connectivity index (χ1n) is 13.5. The Balaban J connectivity index is 3.42. The number of hydrogen-bond donors (Lipinski definition) is 2. The van der Waals surface area contributed by atoms with Crippen LogP contribution in [0.1, 0.15) is 110 Å². The van der Waals surface area contributed by atoms with Gasteiger partial charge in [0.05, 0.1) is 0 Å². The van der Waals surface area contributed by atoms with Crippen LogP contribution in [0.3, 0.4) is 0 Å². The predicted molar refractivity (Wildman–Crippen MR) is 146 cm³/mol. The van der Waals surface area contributed by atoms with Gasteiger partial charge in [-0.1, -0.05) is 57.7 Å². The first-order chi connectivity index (χ1) is 16.8. The molecule has 2 N–H and O–H groups in total. The highest BCUT2D eigenvalue weighted by atomic mass is 16.6. The zero-order valence-electron chi connectivity index (χ0n) is 24.0. The minimum atomic E-state index is -0.848. The van der Waals surface area contributed by atoms with Crippen LogP contribution in [-0.2, 0) is 14.3 Å². The molecule has 7 heteroatoms. The zero-order valence-corrected chi connectivity index (χ0v) is 24.0. The van der Waals surface area contributed by atoms with E-state index in [9.17, 15) is 14.4 Å². The number of unbranched alkanes of at least 4 members (excludes halogenated alkanes) is 3. The maximum Gasteiger partial charge on any atom is 0.408 e. The maximum atomic E-state index is 13.8. The van der Waals surface area contributed by atoms with Crippen LogP contribution in [0.5, 0.6) is 0 Å². The van der Waals surface area contributed by atoms with Gasteiger partial charge in [0, 0.05) is 12.6 Å². The number of rotatable bonds is 13. The molecule has 0 saturated carbocycles. The Morgan fingerprint density at radius 1 is 0.944 bits per heavy atom. The van der Waals surface area contributed by atoms with Crippen LogP contribution >= 0.6 is 0 Å². The van der Waals surface area contributed by atoms with Crippen molar-refractivity contribution in [1.82, 2.24) is 15.5 Å². The molecule has 3 atom stereocenters. The molecule has 0 radical (unpaired) electrons. The quantitative estimate of drug-likeness (QED) is 0.325. The molecular formula is C29H49N3O4. The number of ether oxygens (including phenoxy) is 1. The summed E-state index contributed by atoms with van der Waals surface area (Å²) in [6.07, 6.45) is 5.01. The van der Waals surface area contributed by atoms with Gasteiger partial charge in [0.2, 0.25) is 11.8 Å². The minimum Gasteiger partial charge on any atom is -0.444 e. The summed E-state index contributed by atoms with van der Waals surface area (Å²) in [5, 5.41) is 5.81. The van der Waals surface area contributed by atoms with Crippen LogP contribution in [0, 0.1) is 13.8 Å². The fraction of sp³-hybridized carbons (Fsp3) is 0.690. The van der Waals surface area contributed by atoms with Crippen LogP contribution in [0.2, 0.25) is 0 Å². The topological polar surface area (TPSA) is 87.7 Å². The molecule has 0 aliphatic rings. The summed E-state index contributed by atoms with van der Waals surface area (Å²) in [5.41, 5.74) is 2.07. The lowest BCUT2D eigenvalue weighted by Gasteiger charge is -2.35. The van der Waals surface area contributed by atoms with Crippen molar-refractivity contribution in [2.24, 2.45) is 0 Å². The number of nitrogens with one attached hydrogen (secondary N) is 2. The predicted octanol–water partition coefficient (Wildman–Crippen LogP) is 5.97. The van der Waals surface area contributed by atoms with Gasteiger partial charge in [-0.3, -0.25) is 9.59 Å². The second kappa shape index (κ2) is 14.9. The van der Waals surface area contributed by atoms with Crippen molar-refractivity contribution >= 4 is 17.9 Å². The summed E-state index contributed by atoms with van der Waals surface area (Å²) >= 11 is 0. The minimum absolute atomic E-state index is 0.0105. The SMILES string of the molecule is CCCCCCN(C(=O)C(C)NC(=O)OC(C)(C)C)C(C(=O)NC(C)CCC)c1c(C)cccc1C. The molecular weight excluding hydrogens is 454 g/mol. The van der Waals surface area contributed by atoms with Crippen molar-refractivity contribution in [3.63, 3.8) is 0 Å². The lowest BCUT2D eigenvalue weighted by atomic mass is 9.93. The number of benzene rings is 1. The number of carbonyl (C=O) groups is 3. The van der Waals surface area contributed by atoms with Gasteiger partial charge >= 0.3 is 6.09 Å². The molecule has 1 aromatic rings. The van der Waals surface area contributed by atoms with Crippen LogP contribution in [-0.4, -0.2) is 47.0 Å². The van der Waals surface area contributed by atoms with Gasteiger partial charge in [0.15, 0.2) is 0 Å². The van der Waals surface area contributed by atoms with Gasteiger partial charge in [0.25, 0.3) is 0 Å². The van der Waals surface area contributed by atoms with Crippen molar-refractivity contribution in [3.8, 4) is 0 Å². The number of carbonyl (C=O) groups excluding carboxylic acids is 3. The summed E-state index contributed by atoms with van der Waals surface area (Å²) in [6.45, 7) is 17.5. The van der Waals surface area contributed by atoms with Gasteiger partial charge in [-0.2, -0.15) is 0 Å². The molecule has 0 aliphatic carbocycles. The van der Waals surface area contributed by atoms with Gasteiger partial charge in [-0.05, 0) is 78.0 Å². The van der Waals surface area contributed by atoms with Crippen LogP contribution in [0.15, 0.2) is 18.2 Å². The molecule has 0 aromatic heterocycles. The van der Waals surface area contributed by atoms with Crippen molar-refractivity contribution in [2.45, 2.75) is 125 Å². The molecule has 3 unspecified atom stereocenters. The van der Waals surface area contributed by atoms with E-state index >= 15 is 0 Å². The van der Waals surface area contributed by atoms with E-state index in [1.165, 1.54) is 0 Å². The van der Waals surface area contributed by atoms with Gasteiger partial charge in [-0.15, -0.1) is 0 Å². The number of aryl methyl sites for hydroxylation is 2. The third kappa shape index (κ3) is 10.2. The van der Waals surface area contributed by atoms with Crippen molar-refractivity contribution in [3.05, 3.63) is 34.9 Å². The van der Waals surface area contributed by atoms with E-state index in [4.69, 9.17) is 4.74 Å². The second-order valence-corrected chi connectivity index (χ2v) is 10.9. The van der Waals surface area contributed by atoms with Crippen LogP contribution in [0.25, 0.3) is 0 Å². The second-order valence-electron chi connectivity index (χ2n) is 10.9. The highest BCUT2D eigenvalue weighted by Gasteiger charge is 2.36. The van der Waals surface area contributed by atoms with E-state index in [0.29, 0.717) is 6.54 Å². The standard InChI is InChI=1S/C29H49N3O4/c1-10-12-13-14-19-32(27(34)23(6)31-28(35)36-29(7,8)9)25(26(33)30-22(5)16-11-2)24-20(3)17-15-18-21(24)4/h15,17-18,22-23,25H,10-14,16,19H2,1-9H3,(H,30,33)(H,31,35). The monoisotopic (exact) mass is 503 g/mol. The molecule has 1 aromatic carbocycles. The molecule has 0 heterocycles. The summed E-state index contributed by atoms with van der Waals surface area (Å²) in [6, 6.07) is 4.26. The Morgan fingerprint density at radius 2 is 1.56 bits per heavy atom. The summed E-state index contributed by atoms with van der Waals surface area (Å²) in [4.78, 5) is 41.7. The van der Waals surface area contributed by atoms with E-state index in [1.54, 1.807) is 32.6 Å². The number of alkyl carbamates (subject to hydrolysis) is 1. The Hall–Kier alpha value is -2.57. The van der Waals surface area contributed by atoms with Gasteiger partial charge < -0.3 is 20.3 Å². The third-order valence-corrected chi connectivity index (χ3v) is 6.13. The molecule has 0 aliphatic heterocycles. The Bertz CT molecular complexity index is 842. The summed E-state index contributed by atoms with van der Waals surface area (Å²) < 4.78 is 5.36. The highest BCUT2D eigenvalue weighted by Crippen LogP contribution is 2.29. The fourth-order valence-electron chi connectivity index (χ4n) is 4.38. The van der Waals surface area contributed by atoms with E-state index < -0.39 is 23.8 Å². The van der Waals surface area contributed by atoms with E-state index in [1.807, 2.05) is 39.0 Å². The van der Waals surface area contributed by atoms with Crippen molar-refractivity contribution < 1.29 is 19.1 Å². The molecule has 7 nitrogen and oxygen atoms in total. The fourth-order valence-corrected chi connectivity index (χ4v) is 4.38. The first kappa shape index (κ1) is 31.5. The smallest absolute Gasteiger partial charge is 0.408 e. The first-order valence-corrected chi connectivity index (χ1v) is 13.5. The average molecular weight is 504 g/mol. The highest BCUT2D eigenvalue weighted by molar-refractivity contribution is 5.92. The van der Waals surface area contributed by atoms with Crippen molar-refractivity contribution in [1.29, 1.82) is 0 Å². The molecule has 0 bridgehead atoms. The molecule has 1 rings (SSSR count).